The minimum absolute atomic E-state index is 0.0501. The summed E-state index contributed by atoms with van der Waals surface area (Å²) in [6, 6.07) is 3.83. The Hall–Kier alpha value is -2.15. The number of hydrogen-bond acceptors (Lipinski definition) is 5. The van der Waals surface area contributed by atoms with Gasteiger partial charge < -0.3 is 14.2 Å². The summed E-state index contributed by atoms with van der Waals surface area (Å²) in [7, 11) is 0. The highest BCUT2D eigenvalue weighted by Crippen LogP contribution is 2.19. The number of aryl methyl sites for hydroxylation is 3. The van der Waals surface area contributed by atoms with Crippen molar-refractivity contribution in [3.05, 3.63) is 39.2 Å². The Balaban J connectivity index is 1.68. The average Bonchev–Trinajstić information content (AvgIpc) is 3.02. The van der Waals surface area contributed by atoms with E-state index in [4.69, 9.17) is 4.42 Å². The van der Waals surface area contributed by atoms with Gasteiger partial charge in [-0.25, -0.2) is 4.98 Å². The number of oxazole rings is 1. The highest BCUT2D eigenvalue weighted by Gasteiger charge is 2.27. The highest BCUT2D eigenvalue weighted by molar-refractivity contribution is 7.13. The predicted molar refractivity (Wildman–Crippen MR) is 91.5 cm³/mol. The molecule has 1 aliphatic heterocycles. The molecule has 0 bridgehead atoms. The van der Waals surface area contributed by atoms with Crippen LogP contribution < -0.4 is 0 Å². The Morgan fingerprint density at radius 2 is 1.71 bits per heavy atom. The Labute approximate surface area is 145 Å². The zero-order valence-electron chi connectivity index (χ0n) is 14.2. The van der Waals surface area contributed by atoms with Gasteiger partial charge in [0.25, 0.3) is 11.8 Å². The molecule has 1 fully saturated rings. The Bertz CT molecular complexity index is 765. The fourth-order valence-electron chi connectivity index (χ4n) is 2.90. The number of thiophene rings is 1. The molecule has 6 nitrogen and oxygen atoms in total. The number of hydrogen-bond donors (Lipinski definition) is 0. The lowest BCUT2D eigenvalue weighted by Crippen LogP contribution is -2.37. The molecule has 24 heavy (non-hydrogen) atoms. The van der Waals surface area contributed by atoms with Crippen LogP contribution in [0.1, 0.15) is 43.1 Å². The summed E-state index contributed by atoms with van der Waals surface area (Å²) >= 11 is 1.51. The van der Waals surface area contributed by atoms with Gasteiger partial charge in [0.15, 0.2) is 5.89 Å². The second kappa shape index (κ2) is 6.76. The smallest absolute Gasteiger partial charge is 0.291 e. The number of rotatable bonds is 2. The molecule has 0 spiro atoms. The highest BCUT2D eigenvalue weighted by atomic mass is 32.1. The van der Waals surface area contributed by atoms with Gasteiger partial charge in [0.05, 0.1) is 10.6 Å². The second-order valence-corrected chi connectivity index (χ2v) is 7.28. The molecule has 7 heteroatoms. The van der Waals surface area contributed by atoms with E-state index in [9.17, 15) is 9.59 Å². The van der Waals surface area contributed by atoms with E-state index in [0.717, 1.165) is 16.2 Å². The van der Waals surface area contributed by atoms with Crippen LogP contribution in [0.15, 0.2) is 16.5 Å². The molecule has 2 aromatic heterocycles. The number of carbonyl (C=O) groups excluding carboxylic acids is 2. The van der Waals surface area contributed by atoms with Gasteiger partial charge in [0, 0.05) is 38.0 Å². The van der Waals surface area contributed by atoms with Crippen LogP contribution in [-0.4, -0.2) is 52.8 Å². The van der Waals surface area contributed by atoms with Crippen LogP contribution in [-0.2, 0) is 0 Å². The van der Waals surface area contributed by atoms with E-state index in [-0.39, 0.29) is 11.8 Å². The van der Waals surface area contributed by atoms with Gasteiger partial charge in [-0.05, 0) is 32.4 Å². The lowest BCUT2D eigenvalue weighted by Gasteiger charge is -2.21. The summed E-state index contributed by atoms with van der Waals surface area (Å²) in [5, 5.41) is 0. The van der Waals surface area contributed by atoms with Gasteiger partial charge in [-0.15, -0.1) is 11.3 Å². The van der Waals surface area contributed by atoms with Gasteiger partial charge in [-0.2, -0.15) is 0 Å². The topological polar surface area (TPSA) is 66.7 Å². The van der Waals surface area contributed by atoms with Crippen molar-refractivity contribution < 1.29 is 14.0 Å². The van der Waals surface area contributed by atoms with Crippen LogP contribution in [0.2, 0.25) is 0 Å². The molecule has 2 amide bonds. The zero-order valence-corrected chi connectivity index (χ0v) is 15.0. The molecule has 3 rings (SSSR count). The Morgan fingerprint density at radius 1 is 1.04 bits per heavy atom. The third-order valence-corrected chi connectivity index (χ3v) is 5.11. The lowest BCUT2D eigenvalue weighted by atomic mass is 10.3. The van der Waals surface area contributed by atoms with Gasteiger partial charge in [-0.3, -0.25) is 9.59 Å². The molecule has 0 radical (unpaired) electrons. The van der Waals surface area contributed by atoms with Gasteiger partial charge in [0.1, 0.15) is 0 Å². The van der Waals surface area contributed by atoms with Crippen molar-refractivity contribution in [1.29, 1.82) is 0 Å². The van der Waals surface area contributed by atoms with Crippen molar-refractivity contribution in [2.24, 2.45) is 0 Å². The van der Waals surface area contributed by atoms with E-state index < -0.39 is 0 Å². The Kier molecular flexibility index (Phi) is 4.71. The van der Waals surface area contributed by atoms with Crippen LogP contribution in [0, 0.1) is 20.8 Å². The first-order chi connectivity index (χ1) is 11.5. The first kappa shape index (κ1) is 16.7. The molecule has 0 aromatic carbocycles. The van der Waals surface area contributed by atoms with Crippen molar-refractivity contribution in [2.45, 2.75) is 27.2 Å². The van der Waals surface area contributed by atoms with E-state index in [1.54, 1.807) is 18.7 Å². The van der Waals surface area contributed by atoms with Gasteiger partial charge in [-0.1, -0.05) is 0 Å². The number of amides is 2. The SMILES string of the molecule is Cc1nc(C)c(C(=O)N2CCCN(C(=O)c3ccc(C)s3)CC2)o1. The predicted octanol–water partition coefficient (Wildman–Crippen LogP) is 2.65. The molecule has 1 saturated heterocycles. The van der Waals surface area contributed by atoms with E-state index in [2.05, 4.69) is 4.98 Å². The number of nitrogens with zero attached hydrogens (tertiary/aromatic N) is 3. The minimum Gasteiger partial charge on any atom is -0.436 e. The van der Waals surface area contributed by atoms with Crippen molar-refractivity contribution >= 4 is 23.2 Å². The Morgan fingerprint density at radius 3 is 2.25 bits per heavy atom. The van der Waals surface area contributed by atoms with Crippen LogP contribution in [0.3, 0.4) is 0 Å². The summed E-state index contributed by atoms with van der Waals surface area (Å²) in [5.74, 6) is 0.708. The number of aromatic nitrogens is 1. The minimum atomic E-state index is -0.144. The third kappa shape index (κ3) is 3.36. The van der Waals surface area contributed by atoms with Gasteiger partial charge in [0.2, 0.25) is 5.76 Å². The standard InChI is InChI=1S/C17H21N3O3S/c1-11-5-6-14(24-11)16(21)19-7-4-8-20(10-9-19)17(22)15-12(2)18-13(3)23-15/h5-6H,4,7-10H2,1-3H3. The monoisotopic (exact) mass is 347 g/mol. The van der Waals surface area contributed by atoms with Crippen molar-refractivity contribution in [3.8, 4) is 0 Å². The first-order valence-corrected chi connectivity index (χ1v) is 8.86. The molecular weight excluding hydrogens is 326 g/mol. The van der Waals surface area contributed by atoms with Crippen molar-refractivity contribution in [3.63, 3.8) is 0 Å². The summed E-state index contributed by atoms with van der Waals surface area (Å²) in [6.45, 7) is 7.82. The normalized spacial score (nSPS) is 15.5. The van der Waals surface area contributed by atoms with Crippen LogP contribution in [0.5, 0.6) is 0 Å². The maximum Gasteiger partial charge on any atom is 0.291 e. The maximum absolute atomic E-state index is 12.6. The summed E-state index contributed by atoms with van der Waals surface area (Å²) in [4.78, 5) is 34.8. The fourth-order valence-corrected chi connectivity index (χ4v) is 3.74. The number of carbonyl (C=O) groups is 2. The molecule has 2 aromatic rings. The molecule has 0 saturated carbocycles. The lowest BCUT2D eigenvalue weighted by molar-refractivity contribution is 0.0700. The van der Waals surface area contributed by atoms with Crippen LogP contribution in [0.25, 0.3) is 0 Å². The molecule has 128 valence electrons. The average molecular weight is 347 g/mol. The zero-order chi connectivity index (χ0) is 17.3. The summed E-state index contributed by atoms with van der Waals surface area (Å²) in [5.41, 5.74) is 0.615. The fraction of sp³-hybridized carbons (Fsp3) is 0.471. The first-order valence-electron chi connectivity index (χ1n) is 8.04. The molecule has 0 unspecified atom stereocenters. The molecule has 1 aliphatic rings. The molecule has 0 N–H and O–H groups in total. The molecule has 0 aliphatic carbocycles. The van der Waals surface area contributed by atoms with E-state index in [0.29, 0.717) is 43.5 Å². The van der Waals surface area contributed by atoms with E-state index >= 15 is 0 Å². The van der Waals surface area contributed by atoms with Crippen molar-refractivity contribution in [1.82, 2.24) is 14.8 Å². The maximum atomic E-state index is 12.6. The second-order valence-electron chi connectivity index (χ2n) is 6.00. The third-order valence-electron chi connectivity index (χ3n) is 4.12. The van der Waals surface area contributed by atoms with Gasteiger partial charge >= 0.3 is 0 Å². The molecule has 0 atom stereocenters. The van der Waals surface area contributed by atoms with Crippen LogP contribution >= 0.6 is 11.3 Å². The van der Waals surface area contributed by atoms with Crippen LogP contribution in [0.4, 0.5) is 0 Å². The quantitative estimate of drug-likeness (QED) is 0.838. The summed E-state index contributed by atoms with van der Waals surface area (Å²) in [6.07, 6.45) is 0.758. The molecule has 3 heterocycles. The molecular formula is C17H21N3O3S. The summed E-state index contributed by atoms with van der Waals surface area (Å²) < 4.78 is 5.44. The van der Waals surface area contributed by atoms with E-state index in [1.165, 1.54) is 11.3 Å². The largest absolute Gasteiger partial charge is 0.436 e. The van der Waals surface area contributed by atoms with Crippen molar-refractivity contribution in [2.75, 3.05) is 26.2 Å². The van der Waals surface area contributed by atoms with E-state index in [1.807, 2.05) is 24.0 Å².